The molecule has 2 aromatic rings. The van der Waals surface area contributed by atoms with Gasteiger partial charge in [-0.15, -0.1) is 0 Å². The van der Waals surface area contributed by atoms with Gasteiger partial charge in [-0.05, 0) is 42.3 Å². The first-order valence-electron chi connectivity index (χ1n) is 10.7. The van der Waals surface area contributed by atoms with Crippen molar-refractivity contribution in [3.8, 4) is 0 Å². The molecule has 168 valence electrons. The van der Waals surface area contributed by atoms with E-state index in [2.05, 4.69) is 4.90 Å². The van der Waals surface area contributed by atoms with Gasteiger partial charge in [-0.3, -0.25) is 9.69 Å². The maximum absolute atomic E-state index is 13.1. The summed E-state index contributed by atoms with van der Waals surface area (Å²) in [5.41, 5.74) is 1.61. The molecule has 1 fully saturated rings. The van der Waals surface area contributed by atoms with E-state index in [0.717, 1.165) is 31.1 Å². The number of carbonyl (C=O) groups excluding carboxylic acids is 1. The fourth-order valence-corrected chi connectivity index (χ4v) is 5.50. The van der Waals surface area contributed by atoms with Gasteiger partial charge in [0.15, 0.2) is 0 Å². The van der Waals surface area contributed by atoms with Crippen molar-refractivity contribution < 1.29 is 13.2 Å². The minimum Gasteiger partial charge on any atom is -0.337 e. The van der Waals surface area contributed by atoms with Crippen molar-refractivity contribution in [2.75, 3.05) is 39.3 Å². The van der Waals surface area contributed by atoms with Crippen LogP contribution in [0.2, 0.25) is 5.02 Å². The molecular formula is C23H30ClN3O3S. The van der Waals surface area contributed by atoms with Crippen LogP contribution >= 0.6 is 11.6 Å². The predicted octanol–water partition coefficient (Wildman–Crippen LogP) is 3.72. The van der Waals surface area contributed by atoms with Gasteiger partial charge in [-0.1, -0.05) is 43.6 Å². The number of rotatable bonds is 7. The summed E-state index contributed by atoms with van der Waals surface area (Å²) in [5.74, 6) is -0.120. The monoisotopic (exact) mass is 463 g/mol. The van der Waals surface area contributed by atoms with Crippen LogP contribution in [-0.4, -0.2) is 67.7 Å². The number of nitrogens with zero attached hydrogens (tertiary/aromatic N) is 3. The highest BCUT2D eigenvalue weighted by Gasteiger charge is 2.25. The Hall–Kier alpha value is -1.93. The Balaban J connectivity index is 1.68. The summed E-state index contributed by atoms with van der Waals surface area (Å²) in [5, 5.41) is 0.724. The normalized spacial score (nSPS) is 15.8. The van der Waals surface area contributed by atoms with E-state index in [1.165, 1.54) is 15.9 Å². The number of hydrogen-bond donors (Lipinski definition) is 0. The van der Waals surface area contributed by atoms with E-state index in [-0.39, 0.29) is 10.8 Å². The summed E-state index contributed by atoms with van der Waals surface area (Å²) in [6, 6.07) is 14.2. The molecule has 0 aromatic heterocycles. The second-order valence-corrected chi connectivity index (χ2v) is 10.0. The molecule has 0 aliphatic carbocycles. The molecule has 0 bridgehead atoms. The van der Waals surface area contributed by atoms with Crippen molar-refractivity contribution in [1.82, 2.24) is 14.1 Å². The quantitative estimate of drug-likeness (QED) is 0.627. The number of hydrogen-bond acceptors (Lipinski definition) is 4. The van der Waals surface area contributed by atoms with Gasteiger partial charge < -0.3 is 4.90 Å². The molecule has 1 saturated heterocycles. The fourth-order valence-electron chi connectivity index (χ4n) is 3.86. The SMILES string of the molecule is CCN(CC)S(=O)(=O)c1cccc(C(=O)N2CCCN(Cc3ccc(Cl)cc3)CC2)c1. The predicted molar refractivity (Wildman–Crippen MR) is 124 cm³/mol. The standard InChI is InChI=1S/C23H30ClN3O3S/c1-3-27(4-2)31(29,30)22-8-5-7-20(17-22)23(28)26-14-6-13-25(15-16-26)18-19-9-11-21(24)12-10-19/h5,7-12,17H,3-4,6,13-16,18H2,1-2H3. The number of amides is 1. The second-order valence-electron chi connectivity index (χ2n) is 7.67. The maximum atomic E-state index is 13.1. The van der Waals surface area contributed by atoms with Crippen LogP contribution in [0.15, 0.2) is 53.4 Å². The van der Waals surface area contributed by atoms with Crippen molar-refractivity contribution >= 4 is 27.5 Å². The van der Waals surface area contributed by atoms with E-state index >= 15 is 0 Å². The third kappa shape index (κ3) is 5.86. The minimum atomic E-state index is -3.60. The number of sulfonamides is 1. The van der Waals surface area contributed by atoms with Crippen molar-refractivity contribution in [2.24, 2.45) is 0 Å². The van der Waals surface area contributed by atoms with Gasteiger partial charge in [-0.25, -0.2) is 8.42 Å². The van der Waals surface area contributed by atoms with Crippen LogP contribution in [0.25, 0.3) is 0 Å². The molecule has 2 aromatic carbocycles. The van der Waals surface area contributed by atoms with Gasteiger partial charge in [0.05, 0.1) is 4.90 Å². The molecule has 1 aliphatic rings. The lowest BCUT2D eigenvalue weighted by Crippen LogP contribution is -2.35. The largest absolute Gasteiger partial charge is 0.337 e. The van der Waals surface area contributed by atoms with Gasteiger partial charge in [0.2, 0.25) is 10.0 Å². The van der Waals surface area contributed by atoms with Crippen LogP contribution in [-0.2, 0) is 16.6 Å². The summed E-state index contributed by atoms with van der Waals surface area (Å²) >= 11 is 5.97. The lowest BCUT2D eigenvalue weighted by Gasteiger charge is -2.23. The summed E-state index contributed by atoms with van der Waals surface area (Å²) in [4.78, 5) is 17.5. The number of halogens is 1. The number of carbonyl (C=O) groups is 1. The molecule has 0 N–H and O–H groups in total. The molecule has 0 radical (unpaired) electrons. The Labute approximate surface area is 190 Å². The van der Waals surface area contributed by atoms with E-state index < -0.39 is 10.0 Å². The Bertz CT molecular complexity index is 991. The van der Waals surface area contributed by atoms with Crippen LogP contribution in [0, 0.1) is 0 Å². The average Bonchev–Trinajstić information content (AvgIpc) is 3.01. The van der Waals surface area contributed by atoms with Gasteiger partial charge >= 0.3 is 0 Å². The Morgan fingerprint density at radius 1 is 1.00 bits per heavy atom. The molecule has 0 saturated carbocycles. The van der Waals surface area contributed by atoms with E-state index in [0.29, 0.717) is 31.7 Å². The van der Waals surface area contributed by atoms with Crippen molar-refractivity contribution in [2.45, 2.75) is 31.7 Å². The summed E-state index contributed by atoms with van der Waals surface area (Å²) in [7, 11) is -3.60. The Kier molecular flexibility index (Phi) is 8.11. The summed E-state index contributed by atoms with van der Waals surface area (Å²) < 4.78 is 27.0. The zero-order valence-electron chi connectivity index (χ0n) is 18.1. The molecule has 3 rings (SSSR count). The van der Waals surface area contributed by atoms with E-state index in [1.807, 2.05) is 43.0 Å². The lowest BCUT2D eigenvalue weighted by molar-refractivity contribution is 0.0761. The molecule has 0 unspecified atom stereocenters. The molecule has 1 heterocycles. The van der Waals surface area contributed by atoms with E-state index in [9.17, 15) is 13.2 Å². The smallest absolute Gasteiger partial charge is 0.253 e. The van der Waals surface area contributed by atoms with E-state index in [1.54, 1.807) is 18.2 Å². The van der Waals surface area contributed by atoms with Crippen LogP contribution in [0.5, 0.6) is 0 Å². The van der Waals surface area contributed by atoms with Crippen molar-refractivity contribution in [1.29, 1.82) is 0 Å². The first-order valence-corrected chi connectivity index (χ1v) is 12.5. The van der Waals surface area contributed by atoms with Gasteiger partial charge in [0.1, 0.15) is 0 Å². The van der Waals surface area contributed by atoms with Gasteiger partial charge in [-0.2, -0.15) is 4.31 Å². The molecule has 0 spiro atoms. The molecular weight excluding hydrogens is 434 g/mol. The molecule has 1 amide bonds. The molecule has 8 heteroatoms. The van der Waals surface area contributed by atoms with Crippen molar-refractivity contribution in [3.05, 3.63) is 64.7 Å². The number of benzene rings is 2. The zero-order valence-corrected chi connectivity index (χ0v) is 19.7. The van der Waals surface area contributed by atoms with Crippen LogP contribution in [0.3, 0.4) is 0 Å². The van der Waals surface area contributed by atoms with Crippen molar-refractivity contribution in [3.63, 3.8) is 0 Å². The molecule has 6 nitrogen and oxygen atoms in total. The van der Waals surface area contributed by atoms with E-state index in [4.69, 9.17) is 11.6 Å². The highest BCUT2D eigenvalue weighted by molar-refractivity contribution is 7.89. The first kappa shape index (κ1) is 23.7. The molecule has 1 aliphatic heterocycles. The fraction of sp³-hybridized carbons (Fsp3) is 0.435. The average molecular weight is 464 g/mol. The summed E-state index contributed by atoms with van der Waals surface area (Å²) in [6.07, 6.45) is 0.872. The highest BCUT2D eigenvalue weighted by Crippen LogP contribution is 2.19. The third-order valence-electron chi connectivity index (χ3n) is 5.62. The maximum Gasteiger partial charge on any atom is 0.253 e. The molecule has 0 atom stereocenters. The Morgan fingerprint density at radius 3 is 2.39 bits per heavy atom. The van der Waals surface area contributed by atoms with Crippen LogP contribution in [0.4, 0.5) is 0 Å². The van der Waals surface area contributed by atoms with Crippen LogP contribution in [0.1, 0.15) is 36.2 Å². The van der Waals surface area contributed by atoms with Crippen LogP contribution < -0.4 is 0 Å². The topological polar surface area (TPSA) is 60.9 Å². The minimum absolute atomic E-state index is 0.120. The third-order valence-corrected chi connectivity index (χ3v) is 7.92. The van der Waals surface area contributed by atoms with Gasteiger partial charge in [0.25, 0.3) is 5.91 Å². The van der Waals surface area contributed by atoms with Gasteiger partial charge in [0, 0.05) is 56.4 Å². The highest BCUT2D eigenvalue weighted by atomic mass is 35.5. The zero-order chi connectivity index (χ0) is 22.4. The second kappa shape index (κ2) is 10.6. The summed E-state index contributed by atoms with van der Waals surface area (Å²) in [6.45, 7) is 8.17. The molecule has 31 heavy (non-hydrogen) atoms. The Morgan fingerprint density at radius 2 is 1.71 bits per heavy atom. The lowest BCUT2D eigenvalue weighted by atomic mass is 10.2. The first-order chi connectivity index (χ1) is 14.8.